The Morgan fingerprint density at radius 2 is 2.00 bits per heavy atom. The summed E-state index contributed by atoms with van der Waals surface area (Å²) in [5, 5.41) is 2.97. The zero-order chi connectivity index (χ0) is 14.3. The monoisotopic (exact) mass is 277 g/mol. The molecule has 0 aromatic heterocycles. The molecular formula is C13H18F3NO2. The minimum absolute atomic E-state index is 0.236. The number of halogens is 3. The lowest BCUT2D eigenvalue weighted by Crippen LogP contribution is -2.17. The van der Waals surface area contributed by atoms with E-state index in [9.17, 15) is 13.2 Å². The Morgan fingerprint density at radius 3 is 2.63 bits per heavy atom. The molecule has 0 bridgehead atoms. The molecule has 1 aromatic rings. The van der Waals surface area contributed by atoms with Crippen LogP contribution in [0.25, 0.3) is 0 Å². The highest BCUT2D eigenvalue weighted by Gasteiger charge is 2.31. The molecule has 0 saturated heterocycles. The second-order valence-electron chi connectivity index (χ2n) is 4.47. The van der Waals surface area contributed by atoms with Crippen molar-refractivity contribution in [2.75, 3.05) is 25.1 Å². The molecular weight excluding hydrogens is 259 g/mol. The van der Waals surface area contributed by atoms with Crippen LogP contribution in [0.2, 0.25) is 0 Å². The van der Waals surface area contributed by atoms with Crippen molar-refractivity contribution < 1.29 is 22.6 Å². The van der Waals surface area contributed by atoms with Crippen molar-refractivity contribution >= 4 is 5.69 Å². The Kier molecular flexibility index (Phi) is 5.95. The first-order valence-corrected chi connectivity index (χ1v) is 6.04. The number of hydrogen-bond acceptors (Lipinski definition) is 3. The summed E-state index contributed by atoms with van der Waals surface area (Å²) in [4.78, 5) is 0. The predicted octanol–water partition coefficient (Wildman–Crippen LogP) is 3.67. The summed E-state index contributed by atoms with van der Waals surface area (Å²) in [7, 11) is 0. The van der Waals surface area contributed by atoms with E-state index in [-0.39, 0.29) is 5.75 Å². The van der Waals surface area contributed by atoms with Crippen LogP contribution in [0.15, 0.2) is 24.3 Å². The van der Waals surface area contributed by atoms with Crippen LogP contribution in [0.4, 0.5) is 18.9 Å². The fourth-order valence-corrected chi connectivity index (χ4v) is 1.39. The molecule has 1 aromatic carbocycles. The number of anilines is 1. The van der Waals surface area contributed by atoms with Crippen molar-refractivity contribution in [3.05, 3.63) is 24.3 Å². The molecule has 0 atom stereocenters. The van der Waals surface area contributed by atoms with E-state index in [4.69, 9.17) is 4.74 Å². The maximum Gasteiger partial charge on any atom is 0.573 e. The van der Waals surface area contributed by atoms with E-state index >= 15 is 0 Å². The average Bonchev–Trinajstić information content (AvgIpc) is 2.26. The van der Waals surface area contributed by atoms with Crippen LogP contribution in [0.3, 0.4) is 0 Å². The first-order valence-electron chi connectivity index (χ1n) is 6.04. The van der Waals surface area contributed by atoms with E-state index in [2.05, 4.69) is 10.1 Å². The Morgan fingerprint density at radius 1 is 1.26 bits per heavy atom. The maximum atomic E-state index is 12.0. The van der Waals surface area contributed by atoms with Gasteiger partial charge in [-0.15, -0.1) is 13.2 Å². The zero-order valence-corrected chi connectivity index (χ0v) is 11.0. The number of hydrogen-bond donors (Lipinski definition) is 1. The lowest BCUT2D eigenvalue weighted by Gasteiger charge is -2.11. The normalized spacial score (nSPS) is 11.7. The number of nitrogens with one attached hydrogen (secondary N) is 1. The lowest BCUT2D eigenvalue weighted by atomic mass is 10.2. The standard InChI is InChI=1S/C13H18F3NO2/c1-10(2)9-18-7-6-17-11-4-3-5-12(8-11)19-13(14,15)16/h3-5,8,10,17H,6-7,9H2,1-2H3. The van der Waals surface area contributed by atoms with Crippen LogP contribution in [0, 0.1) is 5.92 Å². The minimum atomic E-state index is -4.67. The van der Waals surface area contributed by atoms with Crippen molar-refractivity contribution in [3.8, 4) is 5.75 Å². The fraction of sp³-hybridized carbons (Fsp3) is 0.538. The van der Waals surface area contributed by atoms with E-state index < -0.39 is 6.36 Å². The molecule has 0 aliphatic carbocycles. The summed E-state index contributed by atoms with van der Waals surface area (Å²) in [6.07, 6.45) is -4.67. The van der Waals surface area contributed by atoms with E-state index in [1.54, 1.807) is 6.07 Å². The predicted molar refractivity (Wildman–Crippen MR) is 67.3 cm³/mol. The van der Waals surface area contributed by atoms with Gasteiger partial charge in [-0.25, -0.2) is 0 Å². The first kappa shape index (κ1) is 15.6. The van der Waals surface area contributed by atoms with Gasteiger partial charge in [0.25, 0.3) is 0 Å². The number of alkyl halides is 3. The van der Waals surface area contributed by atoms with Crippen molar-refractivity contribution in [3.63, 3.8) is 0 Å². The van der Waals surface area contributed by atoms with Gasteiger partial charge in [0.05, 0.1) is 6.61 Å². The van der Waals surface area contributed by atoms with E-state index in [0.29, 0.717) is 31.4 Å². The van der Waals surface area contributed by atoms with Crippen LogP contribution in [0.5, 0.6) is 5.75 Å². The number of benzene rings is 1. The number of ether oxygens (including phenoxy) is 2. The Bertz CT molecular complexity index is 380. The molecule has 19 heavy (non-hydrogen) atoms. The van der Waals surface area contributed by atoms with Crippen LogP contribution in [-0.4, -0.2) is 26.1 Å². The molecule has 1 N–H and O–H groups in total. The lowest BCUT2D eigenvalue weighted by molar-refractivity contribution is -0.274. The average molecular weight is 277 g/mol. The van der Waals surface area contributed by atoms with Gasteiger partial charge in [0, 0.05) is 24.9 Å². The summed E-state index contributed by atoms with van der Waals surface area (Å²) < 4.78 is 45.3. The van der Waals surface area contributed by atoms with Gasteiger partial charge in [-0.2, -0.15) is 0 Å². The van der Waals surface area contributed by atoms with Gasteiger partial charge in [0.1, 0.15) is 5.75 Å². The minimum Gasteiger partial charge on any atom is -0.406 e. The molecule has 0 radical (unpaired) electrons. The summed E-state index contributed by atoms with van der Waals surface area (Å²) >= 11 is 0. The topological polar surface area (TPSA) is 30.5 Å². The highest BCUT2D eigenvalue weighted by Crippen LogP contribution is 2.24. The van der Waals surface area contributed by atoms with Crippen LogP contribution in [-0.2, 0) is 4.74 Å². The molecule has 0 fully saturated rings. The summed E-state index contributed by atoms with van der Waals surface area (Å²) in [6, 6.07) is 5.73. The summed E-state index contributed by atoms with van der Waals surface area (Å²) in [5.41, 5.74) is 0.565. The molecule has 0 spiro atoms. The van der Waals surface area contributed by atoms with Crippen LogP contribution >= 0.6 is 0 Å². The molecule has 1 rings (SSSR count). The van der Waals surface area contributed by atoms with Crippen LogP contribution < -0.4 is 10.1 Å². The Hall–Kier alpha value is -1.43. The fourth-order valence-electron chi connectivity index (χ4n) is 1.39. The molecule has 0 unspecified atom stereocenters. The van der Waals surface area contributed by atoms with Gasteiger partial charge >= 0.3 is 6.36 Å². The number of rotatable bonds is 7. The Balaban J connectivity index is 2.36. The van der Waals surface area contributed by atoms with Crippen molar-refractivity contribution in [1.82, 2.24) is 0 Å². The molecule has 3 nitrogen and oxygen atoms in total. The largest absolute Gasteiger partial charge is 0.573 e. The first-order chi connectivity index (χ1) is 8.87. The van der Waals surface area contributed by atoms with E-state index in [1.807, 2.05) is 13.8 Å². The van der Waals surface area contributed by atoms with Gasteiger partial charge in [0.15, 0.2) is 0 Å². The Labute approximate surface area is 110 Å². The highest BCUT2D eigenvalue weighted by molar-refractivity contribution is 5.48. The zero-order valence-electron chi connectivity index (χ0n) is 11.0. The maximum absolute atomic E-state index is 12.0. The molecule has 0 aliphatic heterocycles. The van der Waals surface area contributed by atoms with E-state index in [1.165, 1.54) is 18.2 Å². The van der Waals surface area contributed by atoms with Crippen LogP contribution in [0.1, 0.15) is 13.8 Å². The van der Waals surface area contributed by atoms with Gasteiger partial charge in [0.2, 0.25) is 0 Å². The quantitative estimate of drug-likeness (QED) is 0.771. The molecule has 0 aliphatic rings. The van der Waals surface area contributed by atoms with Gasteiger partial charge in [-0.1, -0.05) is 19.9 Å². The highest BCUT2D eigenvalue weighted by atomic mass is 19.4. The summed E-state index contributed by atoms with van der Waals surface area (Å²) in [5.74, 6) is 0.226. The smallest absolute Gasteiger partial charge is 0.406 e. The summed E-state index contributed by atoms with van der Waals surface area (Å²) in [6.45, 7) is 5.79. The van der Waals surface area contributed by atoms with Crippen molar-refractivity contribution in [2.24, 2.45) is 5.92 Å². The van der Waals surface area contributed by atoms with Crippen molar-refractivity contribution in [1.29, 1.82) is 0 Å². The molecule has 6 heteroatoms. The second-order valence-corrected chi connectivity index (χ2v) is 4.47. The SMILES string of the molecule is CC(C)COCCNc1cccc(OC(F)(F)F)c1. The molecule has 0 saturated carbocycles. The molecule has 0 amide bonds. The third-order valence-corrected chi connectivity index (χ3v) is 2.09. The van der Waals surface area contributed by atoms with Gasteiger partial charge < -0.3 is 14.8 Å². The van der Waals surface area contributed by atoms with Gasteiger partial charge in [-0.05, 0) is 18.1 Å². The van der Waals surface area contributed by atoms with Crippen molar-refractivity contribution in [2.45, 2.75) is 20.2 Å². The third kappa shape index (κ3) is 7.56. The molecule has 108 valence electrons. The third-order valence-electron chi connectivity index (χ3n) is 2.09. The van der Waals surface area contributed by atoms with Gasteiger partial charge in [-0.3, -0.25) is 0 Å². The molecule has 0 heterocycles. The second kappa shape index (κ2) is 7.23. The van der Waals surface area contributed by atoms with E-state index in [0.717, 1.165) is 0 Å².